The topological polar surface area (TPSA) is 77.8 Å². The first kappa shape index (κ1) is 8.39. The Bertz CT molecular complexity index is 208. The number of carbonyl (C=O) groups excluding carboxylic acids is 1. The maximum atomic E-state index is 10.8. The minimum absolute atomic E-state index is 0.382. The number of carbonyl (C=O) groups is 1. The maximum absolute atomic E-state index is 10.8. The summed E-state index contributed by atoms with van der Waals surface area (Å²) in [5.74, 6) is -0.555. The van der Waals surface area contributed by atoms with Crippen molar-refractivity contribution >= 4 is 5.78 Å². The molecule has 0 aromatic rings. The smallest absolute Gasteiger partial charge is 0.186 e. The molecule has 0 radical (unpaired) electrons. The Morgan fingerprint density at radius 1 is 1.27 bits per heavy atom. The van der Waals surface area contributed by atoms with Gasteiger partial charge >= 0.3 is 0 Å². The van der Waals surface area contributed by atoms with Crippen LogP contribution in [0.4, 0.5) is 0 Å². The van der Waals surface area contributed by atoms with Gasteiger partial charge in [0.1, 0.15) is 18.3 Å². The number of ketones is 1. The summed E-state index contributed by atoms with van der Waals surface area (Å²) in [6.07, 6.45) is -2.84. The van der Waals surface area contributed by atoms with Gasteiger partial charge in [0.2, 0.25) is 0 Å². The second-order valence-electron chi connectivity index (χ2n) is 2.67. The Balaban J connectivity index is 2.92. The van der Waals surface area contributed by atoms with Crippen LogP contribution in [0.3, 0.4) is 0 Å². The van der Waals surface area contributed by atoms with Crippen molar-refractivity contribution in [2.24, 2.45) is 0 Å². The number of hydrogen-bond acceptors (Lipinski definition) is 4. The lowest BCUT2D eigenvalue weighted by Crippen LogP contribution is -2.45. The number of aliphatic hydroxyl groups is 3. The minimum atomic E-state index is -1.48. The fourth-order valence-electron chi connectivity index (χ4n) is 1.01. The summed E-state index contributed by atoms with van der Waals surface area (Å²) in [4.78, 5) is 10.8. The Labute approximate surface area is 63.8 Å². The second-order valence-corrected chi connectivity index (χ2v) is 2.67. The Morgan fingerprint density at radius 2 is 1.82 bits per heavy atom. The third kappa shape index (κ3) is 1.33. The summed E-state index contributed by atoms with van der Waals surface area (Å²) < 4.78 is 0. The normalized spacial score (nSPS) is 38.7. The molecule has 4 nitrogen and oxygen atoms in total. The second kappa shape index (κ2) is 2.73. The van der Waals surface area contributed by atoms with Gasteiger partial charge in [-0.1, -0.05) is 0 Å². The average Bonchev–Trinajstić information content (AvgIpc) is 1.97. The van der Waals surface area contributed by atoms with Crippen LogP contribution >= 0.6 is 0 Å². The zero-order chi connectivity index (χ0) is 8.59. The van der Waals surface area contributed by atoms with Crippen molar-refractivity contribution in [1.82, 2.24) is 0 Å². The largest absolute Gasteiger partial charge is 0.387 e. The van der Waals surface area contributed by atoms with Crippen LogP contribution in [-0.2, 0) is 4.79 Å². The molecular weight excluding hydrogens is 148 g/mol. The maximum Gasteiger partial charge on any atom is 0.186 e. The standard InChI is InChI=1S/C7H10O4/c1-3-2-4(8)6(10)7(11)5(3)9/h2,5-7,9-11H,1H3/t5-,6+,7-/m1/s1. The van der Waals surface area contributed by atoms with Crippen LogP contribution < -0.4 is 0 Å². The first-order chi connectivity index (χ1) is 5.04. The molecule has 0 fully saturated rings. The summed E-state index contributed by atoms with van der Waals surface area (Å²) in [5.41, 5.74) is 0.382. The number of hydrogen-bond donors (Lipinski definition) is 3. The molecule has 3 N–H and O–H groups in total. The van der Waals surface area contributed by atoms with Gasteiger partial charge in [-0.25, -0.2) is 0 Å². The molecule has 1 aliphatic carbocycles. The van der Waals surface area contributed by atoms with Gasteiger partial charge in [-0.05, 0) is 18.6 Å². The highest BCUT2D eigenvalue weighted by Crippen LogP contribution is 2.16. The minimum Gasteiger partial charge on any atom is -0.387 e. The lowest BCUT2D eigenvalue weighted by molar-refractivity contribution is -0.134. The fraction of sp³-hybridized carbons (Fsp3) is 0.571. The molecule has 0 saturated heterocycles. The molecule has 0 aliphatic heterocycles. The molecule has 0 heterocycles. The third-order valence-corrected chi connectivity index (χ3v) is 1.77. The van der Waals surface area contributed by atoms with Crippen molar-refractivity contribution in [3.05, 3.63) is 11.6 Å². The molecule has 0 unspecified atom stereocenters. The van der Waals surface area contributed by atoms with Crippen LogP contribution in [0.1, 0.15) is 6.92 Å². The van der Waals surface area contributed by atoms with Gasteiger partial charge in [-0.2, -0.15) is 0 Å². The van der Waals surface area contributed by atoms with Crippen molar-refractivity contribution in [3.8, 4) is 0 Å². The van der Waals surface area contributed by atoms with Gasteiger partial charge < -0.3 is 15.3 Å². The van der Waals surface area contributed by atoms with E-state index in [9.17, 15) is 4.79 Å². The first-order valence-electron chi connectivity index (χ1n) is 3.30. The van der Waals surface area contributed by atoms with E-state index >= 15 is 0 Å². The quantitative estimate of drug-likeness (QED) is 0.405. The SMILES string of the molecule is CC1=CC(=O)[C@H](O)[C@H](O)[C@@H]1O. The summed E-state index contributed by atoms with van der Waals surface area (Å²) in [6.45, 7) is 1.53. The Kier molecular flexibility index (Phi) is 2.08. The summed E-state index contributed by atoms with van der Waals surface area (Å²) in [5, 5.41) is 27.1. The molecule has 0 aromatic heterocycles. The van der Waals surface area contributed by atoms with E-state index in [4.69, 9.17) is 15.3 Å². The zero-order valence-corrected chi connectivity index (χ0v) is 6.06. The van der Waals surface area contributed by atoms with Gasteiger partial charge in [-0.15, -0.1) is 0 Å². The van der Waals surface area contributed by atoms with Crippen molar-refractivity contribution in [2.45, 2.75) is 25.2 Å². The molecular formula is C7H10O4. The highest BCUT2D eigenvalue weighted by atomic mass is 16.4. The van der Waals surface area contributed by atoms with Gasteiger partial charge in [0.05, 0.1) is 0 Å². The monoisotopic (exact) mass is 158 g/mol. The van der Waals surface area contributed by atoms with Crippen molar-refractivity contribution in [1.29, 1.82) is 0 Å². The third-order valence-electron chi connectivity index (χ3n) is 1.77. The van der Waals surface area contributed by atoms with Crippen LogP contribution in [0.25, 0.3) is 0 Å². The number of rotatable bonds is 0. The Morgan fingerprint density at radius 3 is 2.36 bits per heavy atom. The van der Waals surface area contributed by atoms with Crippen LogP contribution in [0.15, 0.2) is 11.6 Å². The van der Waals surface area contributed by atoms with Gasteiger partial charge in [-0.3, -0.25) is 4.79 Å². The van der Waals surface area contributed by atoms with Gasteiger partial charge in [0, 0.05) is 0 Å². The van der Waals surface area contributed by atoms with E-state index in [-0.39, 0.29) is 0 Å². The molecule has 0 spiro atoms. The highest BCUT2D eigenvalue weighted by molar-refractivity contribution is 5.95. The molecule has 0 saturated carbocycles. The molecule has 11 heavy (non-hydrogen) atoms. The summed E-state index contributed by atoms with van der Waals surface area (Å²) in [7, 11) is 0. The number of aliphatic hydroxyl groups excluding tert-OH is 3. The van der Waals surface area contributed by atoms with Crippen LogP contribution in [-0.4, -0.2) is 39.4 Å². The molecule has 1 rings (SSSR count). The van der Waals surface area contributed by atoms with E-state index in [0.717, 1.165) is 6.08 Å². The highest BCUT2D eigenvalue weighted by Gasteiger charge is 2.34. The van der Waals surface area contributed by atoms with Crippen LogP contribution in [0, 0.1) is 0 Å². The molecule has 0 aromatic carbocycles. The zero-order valence-electron chi connectivity index (χ0n) is 6.06. The van der Waals surface area contributed by atoms with Crippen LogP contribution in [0.2, 0.25) is 0 Å². The van der Waals surface area contributed by atoms with Gasteiger partial charge in [0.15, 0.2) is 5.78 Å². The van der Waals surface area contributed by atoms with E-state index in [2.05, 4.69) is 0 Å². The fourth-order valence-corrected chi connectivity index (χ4v) is 1.01. The van der Waals surface area contributed by atoms with Crippen molar-refractivity contribution in [2.75, 3.05) is 0 Å². The lowest BCUT2D eigenvalue weighted by atomic mass is 9.92. The van der Waals surface area contributed by atoms with E-state index in [0.29, 0.717) is 5.57 Å². The predicted molar refractivity (Wildman–Crippen MR) is 36.8 cm³/mol. The van der Waals surface area contributed by atoms with Gasteiger partial charge in [0.25, 0.3) is 0 Å². The van der Waals surface area contributed by atoms with E-state index in [1.54, 1.807) is 0 Å². The lowest BCUT2D eigenvalue weighted by Gasteiger charge is -2.26. The van der Waals surface area contributed by atoms with E-state index in [1.807, 2.05) is 0 Å². The van der Waals surface area contributed by atoms with Crippen molar-refractivity contribution < 1.29 is 20.1 Å². The Hall–Kier alpha value is -0.710. The molecule has 4 heteroatoms. The molecule has 0 bridgehead atoms. The van der Waals surface area contributed by atoms with E-state index in [1.165, 1.54) is 6.92 Å². The van der Waals surface area contributed by atoms with Crippen molar-refractivity contribution in [3.63, 3.8) is 0 Å². The summed E-state index contributed by atoms with van der Waals surface area (Å²) in [6, 6.07) is 0. The first-order valence-corrected chi connectivity index (χ1v) is 3.30. The molecule has 62 valence electrons. The van der Waals surface area contributed by atoms with Crippen LogP contribution in [0.5, 0.6) is 0 Å². The molecule has 0 amide bonds. The predicted octanol–water partition coefficient (Wildman–Crippen LogP) is -1.40. The molecule has 3 atom stereocenters. The summed E-state index contributed by atoms with van der Waals surface area (Å²) >= 11 is 0. The molecule has 1 aliphatic rings. The van der Waals surface area contributed by atoms with E-state index < -0.39 is 24.1 Å². The average molecular weight is 158 g/mol.